The van der Waals surface area contributed by atoms with Crippen LogP contribution in [-0.2, 0) is 18.4 Å². The second kappa shape index (κ2) is 4.91. The van der Waals surface area contributed by atoms with Crippen LogP contribution in [0.4, 0.5) is 4.39 Å². The smallest absolute Gasteiger partial charge is 0.128 e. The van der Waals surface area contributed by atoms with Gasteiger partial charge in [0.2, 0.25) is 0 Å². The summed E-state index contributed by atoms with van der Waals surface area (Å²) in [6.07, 6.45) is 1.31. The Morgan fingerprint density at radius 2 is 1.95 bits per heavy atom. The van der Waals surface area contributed by atoms with Crippen molar-refractivity contribution < 1.29 is 14.2 Å². The van der Waals surface area contributed by atoms with Gasteiger partial charge < -0.3 is 9.84 Å². The largest absolute Gasteiger partial charge is 0.493 e. The Labute approximate surface area is 117 Å². The first-order valence-electron chi connectivity index (χ1n) is 6.78. The van der Waals surface area contributed by atoms with Gasteiger partial charge in [-0.25, -0.2) is 4.39 Å². The van der Waals surface area contributed by atoms with E-state index in [0.29, 0.717) is 13.0 Å². The van der Waals surface area contributed by atoms with Crippen molar-refractivity contribution in [2.24, 2.45) is 0 Å². The predicted octanol–water partition coefficient (Wildman–Crippen LogP) is 3.21. The lowest BCUT2D eigenvalue weighted by molar-refractivity contribution is 0.0548. The maximum Gasteiger partial charge on any atom is 0.128 e. The molecule has 2 aromatic rings. The van der Waals surface area contributed by atoms with Gasteiger partial charge in [0, 0.05) is 18.4 Å². The predicted molar refractivity (Wildman–Crippen MR) is 75.3 cm³/mol. The lowest BCUT2D eigenvalue weighted by Gasteiger charge is -2.26. The molecule has 0 saturated heterocycles. The molecule has 0 fully saturated rings. The van der Waals surface area contributed by atoms with Crippen molar-refractivity contribution in [2.45, 2.75) is 25.4 Å². The van der Waals surface area contributed by atoms with Crippen molar-refractivity contribution in [2.75, 3.05) is 6.61 Å². The van der Waals surface area contributed by atoms with Gasteiger partial charge in [-0.15, -0.1) is 0 Å². The van der Waals surface area contributed by atoms with E-state index in [9.17, 15) is 9.50 Å². The molecule has 1 N–H and O–H groups in total. The number of fused-ring (bicyclic) bond motifs is 1. The highest BCUT2D eigenvalue weighted by atomic mass is 19.1. The van der Waals surface area contributed by atoms with E-state index >= 15 is 0 Å². The summed E-state index contributed by atoms with van der Waals surface area (Å²) >= 11 is 0. The molecular formula is C17H17FO2. The van der Waals surface area contributed by atoms with Gasteiger partial charge in [0.1, 0.15) is 11.6 Å². The quantitative estimate of drug-likeness (QED) is 0.929. The monoisotopic (exact) mass is 272 g/mol. The minimum absolute atomic E-state index is 0.266. The molecule has 3 heteroatoms. The average molecular weight is 272 g/mol. The highest BCUT2D eigenvalue weighted by molar-refractivity contribution is 5.47. The zero-order valence-corrected chi connectivity index (χ0v) is 11.4. The molecule has 0 amide bonds. The van der Waals surface area contributed by atoms with Gasteiger partial charge in [-0.1, -0.05) is 30.3 Å². The molecule has 2 aromatic carbocycles. The van der Waals surface area contributed by atoms with Crippen molar-refractivity contribution in [3.63, 3.8) is 0 Å². The number of benzene rings is 2. The lowest BCUT2D eigenvalue weighted by atomic mass is 9.87. The van der Waals surface area contributed by atoms with E-state index in [4.69, 9.17) is 4.74 Å². The van der Waals surface area contributed by atoms with Gasteiger partial charge >= 0.3 is 0 Å². The Balaban J connectivity index is 1.92. The normalized spacial score (nSPS) is 16.4. The minimum Gasteiger partial charge on any atom is -0.493 e. The van der Waals surface area contributed by atoms with Crippen LogP contribution in [0.3, 0.4) is 0 Å². The van der Waals surface area contributed by atoms with Gasteiger partial charge in [0.15, 0.2) is 0 Å². The topological polar surface area (TPSA) is 29.5 Å². The molecule has 20 heavy (non-hydrogen) atoms. The second-order valence-corrected chi connectivity index (χ2v) is 5.47. The van der Waals surface area contributed by atoms with Crippen LogP contribution < -0.4 is 4.74 Å². The van der Waals surface area contributed by atoms with E-state index in [2.05, 4.69) is 0 Å². The first-order valence-corrected chi connectivity index (χ1v) is 6.78. The molecule has 0 saturated carbocycles. The van der Waals surface area contributed by atoms with Gasteiger partial charge in [-0.3, -0.25) is 0 Å². The van der Waals surface area contributed by atoms with Gasteiger partial charge in [0.05, 0.1) is 12.2 Å². The number of aliphatic hydroxyl groups is 1. The van der Waals surface area contributed by atoms with Gasteiger partial charge in [-0.2, -0.15) is 0 Å². The Bertz CT molecular complexity index is 617. The van der Waals surface area contributed by atoms with Crippen LogP contribution in [0.1, 0.15) is 23.6 Å². The summed E-state index contributed by atoms with van der Waals surface area (Å²) in [6.45, 7) is 2.44. The SMILES string of the molecule is CC(O)(Cc1ccc(F)cc1)c1cccc2c1OCC2. The number of ether oxygens (including phenoxy) is 1. The highest BCUT2D eigenvalue weighted by Crippen LogP contribution is 2.37. The molecule has 0 aromatic heterocycles. The van der Waals surface area contributed by atoms with Crippen LogP contribution in [0.5, 0.6) is 5.75 Å². The first kappa shape index (κ1) is 13.1. The molecule has 0 spiro atoms. The minimum atomic E-state index is -1.03. The van der Waals surface area contributed by atoms with Crippen molar-refractivity contribution in [1.29, 1.82) is 0 Å². The van der Waals surface area contributed by atoms with Crippen molar-refractivity contribution in [3.8, 4) is 5.75 Å². The summed E-state index contributed by atoms with van der Waals surface area (Å²) in [4.78, 5) is 0. The molecule has 104 valence electrons. The number of rotatable bonds is 3. The molecule has 1 aliphatic heterocycles. The van der Waals surface area contributed by atoms with Crippen LogP contribution in [0, 0.1) is 5.82 Å². The third kappa shape index (κ3) is 2.41. The van der Waals surface area contributed by atoms with E-state index in [1.807, 2.05) is 18.2 Å². The lowest BCUT2D eigenvalue weighted by Crippen LogP contribution is -2.25. The number of hydrogen-bond acceptors (Lipinski definition) is 2. The molecule has 1 unspecified atom stereocenters. The Kier molecular flexibility index (Phi) is 3.22. The molecule has 1 aliphatic rings. The number of hydrogen-bond donors (Lipinski definition) is 1. The highest BCUT2D eigenvalue weighted by Gasteiger charge is 2.30. The first-order chi connectivity index (χ1) is 9.56. The van der Waals surface area contributed by atoms with Crippen LogP contribution in [-0.4, -0.2) is 11.7 Å². The maximum absolute atomic E-state index is 12.9. The second-order valence-electron chi connectivity index (χ2n) is 5.47. The molecule has 1 heterocycles. The standard InChI is InChI=1S/C17H17FO2/c1-17(19,11-12-5-7-14(18)8-6-12)15-4-2-3-13-9-10-20-16(13)15/h2-8,19H,9-11H2,1H3. The zero-order valence-electron chi connectivity index (χ0n) is 11.4. The Hall–Kier alpha value is -1.87. The van der Waals surface area contributed by atoms with Crippen LogP contribution in [0.15, 0.2) is 42.5 Å². The van der Waals surface area contributed by atoms with Crippen LogP contribution >= 0.6 is 0 Å². The van der Waals surface area contributed by atoms with E-state index < -0.39 is 5.60 Å². The van der Waals surface area contributed by atoms with Crippen molar-refractivity contribution >= 4 is 0 Å². The Morgan fingerprint density at radius 1 is 1.20 bits per heavy atom. The van der Waals surface area contributed by atoms with Crippen molar-refractivity contribution in [1.82, 2.24) is 0 Å². The maximum atomic E-state index is 12.9. The molecule has 3 rings (SSSR count). The molecule has 0 aliphatic carbocycles. The molecule has 0 radical (unpaired) electrons. The third-order valence-electron chi connectivity index (χ3n) is 3.76. The summed E-state index contributed by atoms with van der Waals surface area (Å²) in [5, 5.41) is 10.8. The Morgan fingerprint density at radius 3 is 2.70 bits per heavy atom. The molecule has 0 bridgehead atoms. The fraction of sp³-hybridized carbons (Fsp3) is 0.294. The van der Waals surface area contributed by atoms with Gasteiger partial charge in [-0.05, 0) is 30.2 Å². The summed E-state index contributed by atoms with van der Waals surface area (Å²) < 4.78 is 18.6. The van der Waals surface area contributed by atoms with Crippen LogP contribution in [0.25, 0.3) is 0 Å². The number of para-hydroxylation sites is 1. The number of halogens is 1. The average Bonchev–Trinajstić information content (AvgIpc) is 2.89. The van der Waals surface area contributed by atoms with Gasteiger partial charge in [0.25, 0.3) is 0 Å². The fourth-order valence-corrected chi connectivity index (χ4v) is 2.73. The molecular weight excluding hydrogens is 255 g/mol. The zero-order chi connectivity index (χ0) is 14.2. The van der Waals surface area contributed by atoms with E-state index in [0.717, 1.165) is 28.9 Å². The summed E-state index contributed by atoms with van der Waals surface area (Å²) in [5.41, 5.74) is 1.80. The van der Waals surface area contributed by atoms with Crippen molar-refractivity contribution in [3.05, 3.63) is 65.0 Å². The molecule has 2 nitrogen and oxygen atoms in total. The summed E-state index contributed by atoms with van der Waals surface area (Å²) in [7, 11) is 0. The summed E-state index contributed by atoms with van der Waals surface area (Å²) in [5.74, 6) is 0.539. The van der Waals surface area contributed by atoms with E-state index in [1.165, 1.54) is 12.1 Å². The third-order valence-corrected chi connectivity index (χ3v) is 3.76. The molecule has 1 atom stereocenters. The van der Waals surface area contributed by atoms with Crippen LogP contribution in [0.2, 0.25) is 0 Å². The van der Waals surface area contributed by atoms with E-state index in [-0.39, 0.29) is 5.82 Å². The van der Waals surface area contributed by atoms with E-state index in [1.54, 1.807) is 19.1 Å². The summed E-state index contributed by atoms with van der Waals surface area (Å²) in [6, 6.07) is 12.1. The fourth-order valence-electron chi connectivity index (χ4n) is 2.73.